The van der Waals surface area contributed by atoms with Gasteiger partial charge in [0.15, 0.2) is 0 Å². The van der Waals surface area contributed by atoms with Gasteiger partial charge in [0.05, 0.1) is 5.25 Å². The van der Waals surface area contributed by atoms with Crippen LogP contribution < -0.4 is 5.73 Å². The number of hydrogen-bond acceptors (Lipinski definition) is 4. The van der Waals surface area contributed by atoms with Gasteiger partial charge in [-0.2, -0.15) is 0 Å². The maximum absolute atomic E-state index is 12.4. The lowest BCUT2D eigenvalue weighted by Gasteiger charge is -2.33. The third-order valence-corrected chi connectivity index (χ3v) is 6.37. The Hall–Kier alpha value is -0.820. The molecule has 0 aromatic rings. The van der Waals surface area contributed by atoms with Gasteiger partial charge in [-0.1, -0.05) is 18.0 Å². The molecule has 1 aliphatic heterocycles. The van der Waals surface area contributed by atoms with Crippen LogP contribution in [0.3, 0.4) is 0 Å². The monoisotopic (exact) mass is 275 g/mol. The average molecular weight is 275 g/mol. The molecule has 0 amide bonds. The molecule has 0 aromatic carbocycles. The molecule has 18 heavy (non-hydrogen) atoms. The summed E-state index contributed by atoms with van der Waals surface area (Å²) in [6.07, 6.45) is 5.10. The first-order valence-corrected chi connectivity index (χ1v) is 8.02. The number of piperidine rings is 1. The van der Waals surface area contributed by atoms with Crippen molar-refractivity contribution in [3.63, 3.8) is 0 Å². The van der Waals surface area contributed by atoms with Crippen LogP contribution >= 0.6 is 0 Å². The molecule has 1 aliphatic carbocycles. The predicted molar refractivity (Wildman–Crippen MR) is 68.9 cm³/mol. The van der Waals surface area contributed by atoms with Gasteiger partial charge in [0.25, 0.3) is 0 Å². The summed E-state index contributed by atoms with van der Waals surface area (Å²) in [4.78, 5) is 0. The van der Waals surface area contributed by atoms with Crippen molar-refractivity contribution >= 4 is 15.9 Å². The molecule has 0 radical (unpaired) electrons. The van der Waals surface area contributed by atoms with Crippen LogP contribution in [0.25, 0.3) is 0 Å². The van der Waals surface area contributed by atoms with Crippen LogP contribution in [-0.4, -0.2) is 42.1 Å². The van der Waals surface area contributed by atoms with Crippen molar-refractivity contribution in [1.29, 1.82) is 0 Å². The lowest BCUT2D eigenvalue weighted by molar-refractivity contribution is 0.285. The number of rotatable bonds is 3. The molecule has 1 heterocycles. The van der Waals surface area contributed by atoms with E-state index in [0.717, 1.165) is 38.5 Å². The molecule has 1 saturated heterocycles. The van der Waals surface area contributed by atoms with E-state index in [1.165, 1.54) is 4.31 Å². The highest BCUT2D eigenvalue weighted by Gasteiger charge is 2.37. The Morgan fingerprint density at radius 2 is 1.89 bits per heavy atom. The second kappa shape index (κ2) is 5.44. The predicted octanol–water partition coefficient (Wildman–Crippen LogP) is 0.717. The smallest absolute Gasteiger partial charge is 0.217 e. The summed E-state index contributed by atoms with van der Waals surface area (Å²) in [6.45, 7) is 0.919. The van der Waals surface area contributed by atoms with Crippen LogP contribution in [0.5, 0.6) is 0 Å². The van der Waals surface area contributed by atoms with Crippen molar-refractivity contribution in [2.45, 2.75) is 43.8 Å². The van der Waals surface area contributed by atoms with Crippen LogP contribution in [0.15, 0.2) is 5.16 Å². The topological polar surface area (TPSA) is 96.0 Å². The Morgan fingerprint density at radius 1 is 1.22 bits per heavy atom. The summed E-state index contributed by atoms with van der Waals surface area (Å²) in [5.74, 6) is -0.0127. The molecule has 6 nitrogen and oxygen atoms in total. The number of hydrogen-bond donors (Lipinski definition) is 2. The first kappa shape index (κ1) is 13.6. The van der Waals surface area contributed by atoms with Gasteiger partial charge in [0.2, 0.25) is 10.0 Å². The molecule has 7 heteroatoms. The van der Waals surface area contributed by atoms with Gasteiger partial charge in [-0.05, 0) is 25.7 Å². The Labute approximate surface area is 108 Å². The Morgan fingerprint density at radius 3 is 2.50 bits per heavy atom. The zero-order valence-electron chi connectivity index (χ0n) is 10.5. The van der Waals surface area contributed by atoms with E-state index in [1.54, 1.807) is 0 Å². The number of nitrogens with zero attached hydrogens (tertiary/aromatic N) is 2. The number of nitrogens with two attached hydrogens (primary N) is 1. The molecule has 1 atom stereocenters. The van der Waals surface area contributed by atoms with Crippen molar-refractivity contribution in [2.75, 3.05) is 13.1 Å². The fraction of sp³-hybridized carbons (Fsp3) is 0.909. The standard InChI is InChI=1S/C11H21N3O3S/c12-11(13-15)9-4-3-7-14(8-9)18(16,17)10-5-1-2-6-10/h9-10,15H,1-8H2,(H2,12,13). The number of oxime groups is 1. The van der Waals surface area contributed by atoms with Gasteiger partial charge in [0, 0.05) is 19.0 Å². The summed E-state index contributed by atoms with van der Waals surface area (Å²) in [5, 5.41) is 11.5. The van der Waals surface area contributed by atoms with E-state index < -0.39 is 10.0 Å². The molecule has 2 rings (SSSR count). The summed E-state index contributed by atoms with van der Waals surface area (Å²) in [6, 6.07) is 0. The minimum atomic E-state index is -3.20. The van der Waals surface area contributed by atoms with Crippen LogP contribution in [0, 0.1) is 5.92 Å². The summed E-state index contributed by atoms with van der Waals surface area (Å²) < 4.78 is 26.4. The molecular formula is C11H21N3O3S. The largest absolute Gasteiger partial charge is 0.409 e. The molecule has 1 saturated carbocycles. The first-order valence-electron chi connectivity index (χ1n) is 6.52. The zero-order valence-corrected chi connectivity index (χ0v) is 11.3. The summed E-state index contributed by atoms with van der Waals surface area (Å²) >= 11 is 0. The van der Waals surface area contributed by atoms with Gasteiger partial charge in [-0.25, -0.2) is 12.7 Å². The van der Waals surface area contributed by atoms with E-state index in [-0.39, 0.29) is 17.0 Å². The molecule has 104 valence electrons. The SMILES string of the molecule is NC(=NO)C1CCCN(S(=O)(=O)C2CCCC2)C1. The summed E-state index contributed by atoms with van der Waals surface area (Å²) in [5.41, 5.74) is 5.59. The maximum Gasteiger partial charge on any atom is 0.217 e. The van der Waals surface area contributed by atoms with E-state index in [0.29, 0.717) is 13.1 Å². The van der Waals surface area contributed by atoms with Gasteiger partial charge in [-0.3, -0.25) is 0 Å². The van der Waals surface area contributed by atoms with Gasteiger partial charge in [-0.15, -0.1) is 0 Å². The third-order valence-electron chi connectivity index (χ3n) is 4.00. The second-order valence-electron chi connectivity index (χ2n) is 5.17. The summed E-state index contributed by atoms with van der Waals surface area (Å²) in [7, 11) is -3.20. The van der Waals surface area contributed by atoms with Gasteiger partial charge >= 0.3 is 0 Å². The Balaban J connectivity index is 2.08. The van der Waals surface area contributed by atoms with E-state index >= 15 is 0 Å². The molecule has 0 spiro atoms. The van der Waals surface area contributed by atoms with Crippen molar-refractivity contribution in [1.82, 2.24) is 4.31 Å². The Kier molecular flexibility index (Phi) is 4.11. The normalized spacial score (nSPS) is 28.7. The molecule has 0 aromatic heterocycles. The van der Waals surface area contributed by atoms with Crippen LogP contribution in [0.2, 0.25) is 0 Å². The fourth-order valence-electron chi connectivity index (χ4n) is 2.89. The minimum Gasteiger partial charge on any atom is -0.409 e. The van der Waals surface area contributed by atoms with Crippen LogP contribution in [-0.2, 0) is 10.0 Å². The van der Waals surface area contributed by atoms with E-state index in [9.17, 15) is 8.42 Å². The highest BCUT2D eigenvalue weighted by Crippen LogP contribution is 2.29. The third kappa shape index (κ3) is 2.61. The van der Waals surface area contributed by atoms with Crippen LogP contribution in [0.1, 0.15) is 38.5 Å². The van der Waals surface area contributed by atoms with Crippen molar-refractivity contribution in [2.24, 2.45) is 16.8 Å². The molecule has 2 aliphatic rings. The molecule has 3 N–H and O–H groups in total. The Bertz CT molecular complexity index is 415. The van der Waals surface area contributed by atoms with Gasteiger partial charge in [0.1, 0.15) is 5.84 Å². The maximum atomic E-state index is 12.4. The van der Waals surface area contributed by atoms with Crippen molar-refractivity contribution in [3.8, 4) is 0 Å². The highest BCUT2D eigenvalue weighted by atomic mass is 32.2. The molecule has 2 fully saturated rings. The number of sulfonamides is 1. The molecule has 0 bridgehead atoms. The molecular weight excluding hydrogens is 254 g/mol. The minimum absolute atomic E-state index is 0.140. The molecule has 1 unspecified atom stereocenters. The first-order chi connectivity index (χ1) is 8.55. The van der Waals surface area contributed by atoms with E-state index in [1.807, 2.05) is 0 Å². The fourth-order valence-corrected chi connectivity index (χ4v) is 5.02. The average Bonchev–Trinajstić information content (AvgIpc) is 2.92. The van der Waals surface area contributed by atoms with Gasteiger partial charge < -0.3 is 10.9 Å². The van der Waals surface area contributed by atoms with E-state index in [2.05, 4.69) is 5.16 Å². The van der Waals surface area contributed by atoms with E-state index in [4.69, 9.17) is 10.9 Å². The zero-order chi connectivity index (χ0) is 13.2. The second-order valence-corrected chi connectivity index (χ2v) is 7.39. The van der Waals surface area contributed by atoms with Crippen LogP contribution in [0.4, 0.5) is 0 Å². The highest BCUT2D eigenvalue weighted by molar-refractivity contribution is 7.89. The lowest BCUT2D eigenvalue weighted by atomic mass is 9.99. The van der Waals surface area contributed by atoms with Crippen molar-refractivity contribution in [3.05, 3.63) is 0 Å². The lowest BCUT2D eigenvalue weighted by Crippen LogP contribution is -2.46. The van der Waals surface area contributed by atoms with Crippen molar-refractivity contribution < 1.29 is 13.6 Å². The quantitative estimate of drug-likeness (QED) is 0.343. The number of amidine groups is 1.